The Balaban J connectivity index is 0. The van der Waals surface area contributed by atoms with E-state index in [2.05, 4.69) is 76.2 Å². The lowest BCUT2D eigenvalue weighted by Gasteiger charge is -2.37. The Morgan fingerprint density at radius 3 is 1.97 bits per heavy atom. The number of likely N-dealkylation sites (tertiary alicyclic amines) is 1. The zero-order valence-corrected chi connectivity index (χ0v) is 40.2. The summed E-state index contributed by atoms with van der Waals surface area (Å²) >= 11 is 4.52. The highest BCUT2D eigenvalue weighted by molar-refractivity contribution is 7.81. The van der Waals surface area contributed by atoms with E-state index in [1.54, 1.807) is 19.3 Å². The minimum atomic E-state index is -0.429. The van der Waals surface area contributed by atoms with Gasteiger partial charge in [-0.15, -0.1) is 0 Å². The third-order valence-electron chi connectivity index (χ3n) is 10.8. The van der Waals surface area contributed by atoms with Gasteiger partial charge in [-0.3, -0.25) is 19.3 Å². The van der Waals surface area contributed by atoms with E-state index in [0.717, 1.165) is 43.6 Å². The summed E-state index contributed by atoms with van der Waals surface area (Å²) < 4.78 is 5.69. The van der Waals surface area contributed by atoms with E-state index in [4.69, 9.17) is 14.6 Å². The fraction of sp³-hybridized carbons (Fsp3) is 0.739. The SMILES string of the molecule is C=C/C=C(\C=C)C[C@@H](C)NC(=O)[C@H](C)C(OC)[C@@H]1CCCN1C(=O)C[C@@H](C)[C@H]([C@@H](C)CC)N(C)C.CC(C)C(C(=O)N[C@H](C=O)C(C)C)N(C)CC(C)(C)S.O=C=CO. The maximum Gasteiger partial charge on any atom is 0.238 e. The van der Waals surface area contributed by atoms with E-state index in [1.165, 1.54) is 0 Å². The van der Waals surface area contributed by atoms with Crippen molar-refractivity contribution in [3.05, 3.63) is 43.2 Å². The molecule has 3 amide bonds. The molecule has 0 bridgehead atoms. The van der Waals surface area contributed by atoms with Gasteiger partial charge in [0.05, 0.1) is 30.1 Å². The van der Waals surface area contributed by atoms with Gasteiger partial charge in [0.2, 0.25) is 17.7 Å². The van der Waals surface area contributed by atoms with Gasteiger partial charge in [-0.2, -0.15) is 12.6 Å². The van der Waals surface area contributed by atoms with Crippen molar-refractivity contribution in [3.8, 4) is 0 Å². The number of thiol groups is 1. The average molecular weight is 850 g/mol. The molecule has 2 unspecified atom stereocenters. The molecule has 0 aromatic carbocycles. The van der Waals surface area contributed by atoms with Gasteiger partial charge in [0.1, 0.15) is 6.29 Å². The van der Waals surface area contributed by atoms with Crippen LogP contribution in [0.3, 0.4) is 0 Å². The number of likely N-dealkylation sites (N-methyl/N-ethyl adjacent to an activating group) is 1. The number of hydrogen-bond donors (Lipinski definition) is 4. The van der Waals surface area contributed by atoms with E-state index in [1.807, 2.05) is 78.3 Å². The molecule has 0 spiro atoms. The van der Waals surface area contributed by atoms with Crippen LogP contribution >= 0.6 is 12.6 Å². The van der Waals surface area contributed by atoms with E-state index >= 15 is 0 Å². The number of rotatable bonds is 23. The number of carbonyl (C=O) groups is 4. The summed E-state index contributed by atoms with van der Waals surface area (Å²) in [6.07, 6.45) is 10.3. The van der Waals surface area contributed by atoms with Crippen molar-refractivity contribution in [1.29, 1.82) is 0 Å². The van der Waals surface area contributed by atoms with E-state index in [0.29, 0.717) is 37.6 Å². The molecule has 13 heteroatoms. The second-order valence-electron chi connectivity index (χ2n) is 17.7. The molecule has 340 valence electrons. The van der Waals surface area contributed by atoms with Crippen LogP contribution in [-0.2, 0) is 28.7 Å². The zero-order valence-electron chi connectivity index (χ0n) is 39.3. The molecule has 12 nitrogen and oxygen atoms in total. The van der Waals surface area contributed by atoms with Gasteiger partial charge in [0.25, 0.3) is 0 Å². The summed E-state index contributed by atoms with van der Waals surface area (Å²) in [5.74, 6) is 1.79. The van der Waals surface area contributed by atoms with Crippen LogP contribution in [0.15, 0.2) is 43.2 Å². The van der Waals surface area contributed by atoms with Crippen LogP contribution < -0.4 is 10.6 Å². The van der Waals surface area contributed by atoms with Gasteiger partial charge in [-0.05, 0) is 90.4 Å². The largest absolute Gasteiger partial charge is 0.504 e. The topological polar surface area (TPSA) is 149 Å². The average Bonchev–Trinajstić information content (AvgIpc) is 3.62. The zero-order chi connectivity index (χ0) is 46.2. The Morgan fingerprint density at radius 1 is 0.983 bits per heavy atom. The van der Waals surface area contributed by atoms with Crippen LogP contribution in [0.2, 0.25) is 0 Å². The summed E-state index contributed by atoms with van der Waals surface area (Å²) in [4.78, 5) is 65.0. The van der Waals surface area contributed by atoms with Crippen LogP contribution in [0.5, 0.6) is 0 Å². The molecule has 59 heavy (non-hydrogen) atoms. The first-order chi connectivity index (χ1) is 27.4. The van der Waals surface area contributed by atoms with Gasteiger partial charge in [-0.25, -0.2) is 4.79 Å². The predicted molar refractivity (Wildman–Crippen MR) is 246 cm³/mol. The Kier molecular flexibility index (Phi) is 29.3. The molecule has 1 aliphatic heterocycles. The minimum Gasteiger partial charge on any atom is -0.504 e. The summed E-state index contributed by atoms with van der Waals surface area (Å²) in [6.45, 7) is 31.4. The van der Waals surface area contributed by atoms with E-state index < -0.39 is 6.04 Å². The number of amides is 3. The van der Waals surface area contributed by atoms with Crippen LogP contribution in [0.25, 0.3) is 0 Å². The molecule has 0 saturated carbocycles. The Morgan fingerprint density at radius 2 is 1.56 bits per heavy atom. The third-order valence-corrected chi connectivity index (χ3v) is 11.0. The number of carbonyl (C=O) groups excluding carboxylic acids is 5. The summed E-state index contributed by atoms with van der Waals surface area (Å²) in [7, 11) is 7.77. The molecular formula is C46H83N5O7S. The first-order valence-electron chi connectivity index (χ1n) is 21.2. The smallest absolute Gasteiger partial charge is 0.238 e. The Bertz CT molecular complexity index is 1360. The molecule has 0 radical (unpaired) electrons. The lowest BCUT2D eigenvalue weighted by atomic mass is 9.85. The second kappa shape index (κ2) is 29.9. The molecule has 9 atom stereocenters. The van der Waals surface area contributed by atoms with E-state index in [-0.39, 0.29) is 70.4 Å². The highest BCUT2D eigenvalue weighted by Crippen LogP contribution is 2.30. The number of allylic oxidation sites excluding steroid dienone is 3. The minimum absolute atomic E-state index is 0.0441. The number of nitrogens with zero attached hydrogens (tertiary/aromatic N) is 3. The van der Waals surface area contributed by atoms with E-state index in [9.17, 15) is 19.2 Å². The Hall–Kier alpha value is -3.22. The maximum atomic E-state index is 13.4. The first kappa shape index (κ1) is 57.9. The maximum absolute atomic E-state index is 13.4. The highest BCUT2D eigenvalue weighted by atomic mass is 32.1. The first-order valence-corrected chi connectivity index (χ1v) is 21.6. The fourth-order valence-electron chi connectivity index (χ4n) is 8.10. The van der Waals surface area contributed by atoms with Crippen LogP contribution in [-0.4, -0.2) is 132 Å². The van der Waals surface area contributed by atoms with Crippen molar-refractivity contribution in [2.45, 2.75) is 149 Å². The number of aldehydes is 1. The number of nitrogens with one attached hydrogen (secondary N) is 2. The second-order valence-corrected chi connectivity index (χ2v) is 18.9. The van der Waals surface area contributed by atoms with Crippen molar-refractivity contribution in [1.82, 2.24) is 25.3 Å². The van der Waals surface area contributed by atoms with Crippen LogP contribution in [0, 0.1) is 29.6 Å². The molecule has 1 aliphatic rings. The molecule has 1 rings (SSSR count). The molecule has 3 N–H and O–H groups in total. The van der Waals surface area contributed by atoms with Crippen molar-refractivity contribution in [3.63, 3.8) is 0 Å². The van der Waals surface area contributed by atoms with Gasteiger partial charge < -0.3 is 35.1 Å². The molecule has 0 aromatic rings. The number of ether oxygens (including phenoxy) is 1. The van der Waals surface area contributed by atoms with Crippen LogP contribution in [0.1, 0.15) is 108 Å². The Labute approximate surface area is 364 Å². The van der Waals surface area contributed by atoms with Gasteiger partial charge >= 0.3 is 0 Å². The number of aliphatic hydroxyl groups excluding tert-OH is 1. The predicted octanol–water partition coefficient (Wildman–Crippen LogP) is 6.70. The molecule has 1 fully saturated rings. The monoisotopic (exact) mass is 850 g/mol. The van der Waals surface area contributed by atoms with Gasteiger partial charge in [-0.1, -0.05) is 93.2 Å². The molecule has 1 saturated heterocycles. The van der Waals surface area contributed by atoms with Crippen molar-refractivity contribution >= 4 is 42.6 Å². The van der Waals surface area contributed by atoms with Crippen molar-refractivity contribution < 1.29 is 33.8 Å². The van der Waals surface area contributed by atoms with Crippen molar-refractivity contribution in [2.75, 3.05) is 41.3 Å². The number of methoxy groups -OCH3 is 1. The number of aliphatic hydroxyl groups is 1. The summed E-state index contributed by atoms with van der Waals surface area (Å²) in [5, 5.41) is 13.3. The third kappa shape index (κ3) is 21.7. The lowest BCUT2D eigenvalue weighted by molar-refractivity contribution is -0.141. The standard InChI is InChI=1S/C29H51N3O3.C15H30N2O2S.C2H2O2/c1-11-15-24(13-3)19-22(6)30-29(34)23(7)28(35-10)25-16-14-17-32(25)26(33)18-21(5)27(31(8)9)20(4)12-2;1-10(2)12(8-18)16-14(19)13(11(3)4)17(7)9-15(5,6)20;3-1-2-4/h11,13,15,20-23,25,27-28H,1,3,12,14,16-19H2,2,4-10H3,(H,30,34);8,10-13,20H,9H2,1-7H3,(H,16,19);1,3H/b24-15+;;/t20-,21+,22+,23+,25-,27-,28?;12-,13?;/m01./s1. The van der Waals surface area contributed by atoms with Gasteiger partial charge in [0.15, 0.2) is 12.2 Å². The molecule has 0 aromatic heterocycles. The fourth-order valence-corrected chi connectivity index (χ4v) is 8.32. The lowest BCUT2D eigenvalue weighted by Crippen LogP contribution is -2.54. The quantitative estimate of drug-likeness (QED) is 0.0290. The number of hydrogen-bond acceptors (Lipinski definition) is 10. The summed E-state index contributed by atoms with van der Waals surface area (Å²) in [6, 6.07) is -0.465. The van der Waals surface area contributed by atoms with Gasteiger partial charge in [0, 0.05) is 43.5 Å². The van der Waals surface area contributed by atoms with Crippen molar-refractivity contribution in [2.24, 2.45) is 29.6 Å². The summed E-state index contributed by atoms with van der Waals surface area (Å²) in [5.41, 5.74) is 1.03. The normalized spacial score (nSPS) is 18.4. The molecule has 1 heterocycles. The molecular weight excluding hydrogens is 767 g/mol. The molecule has 0 aliphatic carbocycles. The van der Waals surface area contributed by atoms with Crippen LogP contribution in [0.4, 0.5) is 0 Å². The highest BCUT2D eigenvalue weighted by Gasteiger charge is 2.41.